The van der Waals surface area contributed by atoms with Crippen LogP contribution >= 0.6 is 0 Å². The van der Waals surface area contributed by atoms with E-state index >= 15 is 0 Å². The molecule has 1 aromatic carbocycles. The topological polar surface area (TPSA) is 40.5 Å². The van der Waals surface area contributed by atoms with Gasteiger partial charge in [-0.25, -0.2) is 0 Å². The quantitative estimate of drug-likeness (QED) is 0.884. The highest BCUT2D eigenvalue weighted by Gasteiger charge is 2.29. The van der Waals surface area contributed by atoms with E-state index in [9.17, 15) is 9.90 Å². The Balaban J connectivity index is 1.96. The number of benzene rings is 1. The third kappa shape index (κ3) is 3.33. The smallest absolute Gasteiger partial charge is 0.227 e. The van der Waals surface area contributed by atoms with Crippen molar-refractivity contribution in [1.82, 2.24) is 4.90 Å². The molecule has 0 radical (unpaired) electrons. The molecule has 1 amide bonds. The molecule has 1 aliphatic heterocycles. The summed E-state index contributed by atoms with van der Waals surface area (Å²) in [5, 5.41) is 9.46. The van der Waals surface area contributed by atoms with Gasteiger partial charge in [0.05, 0.1) is 12.5 Å². The predicted octanol–water partition coefficient (Wildman–Crippen LogP) is 1.99. The number of carbonyl (C=O) groups excluding carboxylic acids is 1. The van der Waals surface area contributed by atoms with Crippen LogP contribution in [-0.2, 0) is 11.2 Å². The molecular formula is C15H21NO2. The number of likely N-dealkylation sites (tertiary alicyclic amines) is 1. The fourth-order valence-electron chi connectivity index (χ4n) is 2.67. The molecule has 2 unspecified atom stereocenters. The summed E-state index contributed by atoms with van der Waals surface area (Å²) in [7, 11) is 0. The molecule has 2 atom stereocenters. The van der Waals surface area contributed by atoms with Crippen molar-refractivity contribution in [3.05, 3.63) is 35.9 Å². The molecule has 2 rings (SSSR count). The van der Waals surface area contributed by atoms with Gasteiger partial charge in [0.1, 0.15) is 0 Å². The van der Waals surface area contributed by atoms with Crippen LogP contribution < -0.4 is 0 Å². The van der Waals surface area contributed by atoms with Crippen LogP contribution in [-0.4, -0.2) is 34.6 Å². The Morgan fingerprint density at radius 1 is 1.44 bits per heavy atom. The van der Waals surface area contributed by atoms with Gasteiger partial charge in [-0.05, 0) is 31.7 Å². The summed E-state index contributed by atoms with van der Waals surface area (Å²) in [5.41, 5.74) is 1.06. The number of carbonyl (C=O) groups is 1. The number of hydrogen-bond donors (Lipinski definition) is 1. The van der Waals surface area contributed by atoms with Crippen molar-refractivity contribution in [2.24, 2.45) is 0 Å². The maximum atomic E-state index is 12.3. The van der Waals surface area contributed by atoms with Crippen molar-refractivity contribution in [1.29, 1.82) is 0 Å². The zero-order valence-electron chi connectivity index (χ0n) is 10.9. The summed E-state index contributed by atoms with van der Waals surface area (Å²) in [4.78, 5) is 14.2. The van der Waals surface area contributed by atoms with Crippen molar-refractivity contribution in [2.45, 2.75) is 44.8 Å². The average molecular weight is 247 g/mol. The van der Waals surface area contributed by atoms with Crippen LogP contribution in [0.15, 0.2) is 30.3 Å². The Bertz CT molecular complexity index is 389. The molecule has 3 heteroatoms. The van der Waals surface area contributed by atoms with Gasteiger partial charge in [0, 0.05) is 12.6 Å². The number of nitrogens with zero attached hydrogens (tertiary/aromatic N) is 1. The normalized spacial score (nSPS) is 21.0. The molecule has 1 fully saturated rings. The summed E-state index contributed by atoms with van der Waals surface area (Å²) < 4.78 is 0. The lowest BCUT2D eigenvalue weighted by atomic mass is 10.1. The van der Waals surface area contributed by atoms with E-state index < -0.39 is 0 Å². The average Bonchev–Trinajstić information content (AvgIpc) is 2.77. The molecule has 0 aromatic heterocycles. The van der Waals surface area contributed by atoms with E-state index in [-0.39, 0.29) is 18.1 Å². The van der Waals surface area contributed by atoms with E-state index in [4.69, 9.17) is 0 Å². The second-order valence-corrected chi connectivity index (χ2v) is 5.13. The molecule has 1 aliphatic rings. The minimum Gasteiger partial charge on any atom is -0.393 e. The second-order valence-electron chi connectivity index (χ2n) is 5.13. The van der Waals surface area contributed by atoms with Crippen molar-refractivity contribution in [2.75, 3.05) is 6.54 Å². The number of amides is 1. The molecule has 0 saturated carbocycles. The zero-order chi connectivity index (χ0) is 13.0. The zero-order valence-corrected chi connectivity index (χ0v) is 10.9. The van der Waals surface area contributed by atoms with E-state index in [2.05, 4.69) is 0 Å². The van der Waals surface area contributed by atoms with E-state index in [1.54, 1.807) is 6.92 Å². The van der Waals surface area contributed by atoms with Crippen molar-refractivity contribution < 1.29 is 9.90 Å². The van der Waals surface area contributed by atoms with Gasteiger partial charge in [-0.3, -0.25) is 4.79 Å². The summed E-state index contributed by atoms with van der Waals surface area (Å²) in [5.74, 6) is 0.185. The second kappa shape index (κ2) is 6.01. The summed E-state index contributed by atoms with van der Waals surface area (Å²) in [6.07, 6.45) is 2.90. The van der Waals surface area contributed by atoms with Crippen LogP contribution in [0.3, 0.4) is 0 Å². The molecule has 98 valence electrons. The minimum absolute atomic E-state index is 0.185. The fourth-order valence-corrected chi connectivity index (χ4v) is 2.67. The summed E-state index contributed by atoms with van der Waals surface area (Å²) in [6, 6.07) is 10.1. The maximum absolute atomic E-state index is 12.3. The standard InChI is InChI=1S/C15H21NO2/c1-12(17)10-14-8-5-9-16(14)15(18)11-13-6-3-2-4-7-13/h2-4,6-7,12,14,17H,5,8-11H2,1H3. The van der Waals surface area contributed by atoms with Gasteiger partial charge in [-0.2, -0.15) is 0 Å². The van der Waals surface area contributed by atoms with Gasteiger partial charge >= 0.3 is 0 Å². The van der Waals surface area contributed by atoms with Crippen molar-refractivity contribution in [3.8, 4) is 0 Å². The monoisotopic (exact) mass is 247 g/mol. The first-order chi connectivity index (χ1) is 8.66. The molecule has 3 nitrogen and oxygen atoms in total. The first-order valence-electron chi connectivity index (χ1n) is 6.68. The highest BCUT2D eigenvalue weighted by atomic mass is 16.3. The largest absolute Gasteiger partial charge is 0.393 e. The van der Waals surface area contributed by atoms with Crippen molar-refractivity contribution >= 4 is 5.91 Å². The molecule has 1 heterocycles. The molecule has 0 spiro atoms. The molecule has 1 N–H and O–H groups in total. The number of aliphatic hydroxyl groups excluding tert-OH is 1. The van der Waals surface area contributed by atoms with E-state index in [1.165, 1.54) is 0 Å². The molecule has 0 aliphatic carbocycles. The lowest BCUT2D eigenvalue weighted by Gasteiger charge is -2.25. The predicted molar refractivity (Wildman–Crippen MR) is 71.2 cm³/mol. The fraction of sp³-hybridized carbons (Fsp3) is 0.533. The third-order valence-electron chi connectivity index (χ3n) is 3.51. The summed E-state index contributed by atoms with van der Waals surface area (Å²) >= 11 is 0. The van der Waals surface area contributed by atoms with Gasteiger partial charge in [0.25, 0.3) is 0 Å². The lowest BCUT2D eigenvalue weighted by Crippen LogP contribution is -2.38. The summed E-state index contributed by atoms with van der Waals surface area (Å²) in [6.45, 7) is 2.63. The Labute approximate surface area is 108 Å². The highest BCUT2D eigenvalue weighted by Crippen LogP contribution is 2.22. The Morgan fingerprint density at radius 2 is 2.17 bits per heavy atom. The van der Waals surface area contributed by atoms with Gasteiger partial charge in [-0.1, -0.05) is 30.3 Å². The van der Waals surface area contributed by atoms with Crippen LogP contribution in [0.25, 0.3) is 0 Å². The molecule has 1 saturated heterocycles. The number of rotatable bonds is 4. The first kappa shape index (κ1) is 13.1. The number of aliphatic hydroxyl groups is 1. The van der Waals surface area contributed by atoms with Crippen LogP contribution in [0.5, 0.6) is 0 Å². The molecule has 1 aromatic rings. The maximum Gasteiger partial charge on any atom is 0.227 e. The minimum atomic E-state index is -0.333. The van der Waals surface area contributed by atoms with Gasteiger partial charge in [0.15, 0.2) is 0 Å². The van der Waals surface area contributed by atoms with Gasteiger partial charge < -0.3 is 10.0 Å². The lowest BCUT2D eigenvalue weighted by molar-refractivity contribution is -0.131. The van der Waals surface area contributed by atoms with Gasteiger partial charge in [-0.15, -0.1) is 0 Å². The van der Waals surface area contributed by atoms with Gasteiger partial charge in [0.2, 0.25) is 5.91 Å². The first-order valence-corrected chi connectivity index (χ1v) is 6.68. The Hall–Kier alpha value is -1.35. The Kier molecular flexibility index (Phi) is 4.37. The van der Waals surface area contributed by atoms with Crippen LogP contribution in [0.4, 0.5) is 0 Å². The van der Waals surface area contributed by atoms with E-state index in [1.807, 2.05) is 35.2 Å². The van der Waals surface area contributed by atoms with Crippen LogP contribution in [0.2, 0.25) is 0 Å². The third-order valence-corrected chi connectivity index (χ3v) is 3.51. The van der Waals surface area contributed by atoms with E-state index in [0.717, 1.165) is 24.9 Å². The van der Waals surface area contributed by atoms with Crippen LogP contribution in [0.1, 0.15) is 31.7 Å². The van der Waals surface area contributed by atoms with E-state index in [0.29, 0.717) is 12.8 Å². The van der Waals surface area contributed by atoms with Crippen LogP contribution in [0, 0.1) is 0 Å². The van der Waals surface area contributed by atoms with Crippen molar-refractivity contribution in [3.63, 3.8) is 0 Å². The molecule has 0 bridgehead atoms. The molecular weight excluding hydrogens is 226 g/mol. The molecule has 18 heavy (non-hydrogen) atoms. The number of hydrogen-bond acceptors (Lipinski definition) is 2. The highest BCUT2D eigenvalue weighted by molar-refractivity contribution is 5.79. The Morgan fingerprint density at radius 3 is 2.83 bits per heavy atom. The SMILES string of the molecule is CC(O)CC1CCCN1C(=O)Cc1ccccc1.